The third-order valence-electron chi connectivity index (χ3n) is 6.06. The summed E-state index contributed by atoms with van der Waals surface area (Å²) in [6.07, 6.45) is 4.84. The fraction of sp³-hybridized carbons (Fsp3) is 0.654. The standard InChI is InChI=1S/C26H39NO3/c1-7-27(24(2,3)4)20-14-19-25(5,6)30-23(28)26(29,21-15-10-8-11-16-21)22-17-12-9-13-18-22/h8,10-11,15-16,22,29H,7,9,12-13,17-18,20H2,1-6H3. The number of carbonyl (C=O) groups excluding carboxylic acids is 1. The molecule has 30 heavy (non-hydrogen) atoms. The van der Waals surface area contributed by atoms with Gasteiger partial charge in [0.1, 0.15) is 0 Å². The van der Waals surface area contributed by atoms with Crippen LogP contribution in [0.25, 0.3) is 0 Å². The summed E-state index contributed by atoms with van der Waals surface area (Å²) >= 11 is 0. The van der Waals surface area contributed by atoms with Gasteiger partial charge in [-0.05, 0) is 59.6 Å². The Labute approximate surface area is 183 Å². The molecule has 1 fully saturated rings. The molecule has 4 heteroatoms. The summed E-state index contributed by atoms with van der Waals surface area (Å²) < 4.78 is 5.83. The molecule has 2 rings (SSSR count). The molecule has 1 aliphatic carbocycles. The lowest BCUT2D eigenvalue weighted by molar-refractivity contribution is -0.184. The third-order valence-corrected chi connectivity index (χ3v) is 6.06. The zero-order chi connectivity index (χ0) is 22.4. The zero-order valence-corrected chi connectivity index (χ0v) is 19.6. The van der Waals surface area contributed by atoms with E-state index in [-0.39, 0.29) is 11.5 Å². The molecule has 1 aromatic carbocycles. The first-order valence-electron chi connectivity index (χ1n) is 11.3. The van der Waals surface area contributed by atoms with Crippen molar-refractivity contribution in [1.29, 1.82) is 0 Å². The van der Waals surface area contributed by atoms with Gasteiger partial charge in [-0.2, -0.15) is 0 Å². The number of carbonyl (C=O) groups is 1. The number of nitrogens with zero attached hydrogens (tertiary/aromatic N) is 1. The highest BCUT2D eigenvalue weighted by molar-refractivity contribution is 5.82. The highest BCUT2D eigenvalue weighted by Crippen LogP contribution is 2.41. The van der Waals surface area contributed by atoms with Crippen molar-refractivity contribution in [2.75, 3.05) is 13.1 Å². The molecule has 0 aromatic heterocycles. The first-order valence-corrected chi connectivity index (χ1v) is 11.3. The van der Waals surface area contributed by atoms with Crippen LogP contribution in [-0.4, -0.2) is 40.2 Å². The van der Waals surface area contributed by atoms with Crippen LogP contribution in [0.5, 0.6) is 0 Å². The number of ether oxygens (including phenoxy) is 1. The molecule has 0 bridgehead atoms. The SMILES string of the molecule is CCN(CC#CC(C)(C)OC(=O)C(O)(c1ccccc1)C1CCCCC1)C(C)(C)C. The molecule has 0 amide bonds. The van der Waals surface area contributed by atoms with Crippen LogP contribution in [0.15, 0.2) is 30.3 Å². The number of benzene rings is 1. The second-order valence-electron chi connectivity index (χ2n) is 9.85. The molecule has 0 aliphatic heterocycles. The Hall–Kier alpha value is -1.83. The summed E-state index contributed by atoms with van der Waals surface area (Å²) in [6.45, 7) is 13.7. The van der Waals surface area contributed by atoms with Gasteiger partial charge in [0, 0.05) is 11.5 Å². The Morgan fingerprint density at radius 2 is 1.70 bits per heavy atom. The molecule has 0 radical (unpaired) electrons. The maximum absolute atomic E-state index is 13.3. The van der Waals surface area contributed by atoms with Gasteiger partial charge >= 0.3 is 5.97 Å². The number of esters is 1. The summed E-state index contributed by atoms with van der Waals surface area (Å²) in [4.78, 5) is 15.6. The van der Waals surface area contributed by atoms with Crippen molar-refractivity contribution in [1.82, 2.24) is 4.90 Å². The van der Waals surface area contributed by atoms with Crippen LogP contribution < -0.4 is 0 Å². The Balaban J connectivity index is 2.21. The van der Waals surface area contributed by atoms with Crippen molar-refractivity contribution >= 4 is 5.97 Å². The summed E-state index contributed by atoms with van der Waals surface area (Å²) in [6, 6.07) is 9.23. The minimum Gasteiger partial charge on any atom is -0.444 e. The van der Waals surface area contributed by atoms with Gasteiger partial charge in [-0.1, -0.05) is 68.4 Å². The van der Waals surface area contributed by atoms with Crippen molar-refractivity contribution in [3.63, 3.8) is 0 Å². The van der Waals surface area contributed by atoms with Gasteiger partial charge in [-0.25, -0.2) is 4.79 Å². The van der Waals surface area contributed by atoms with Crippen LogP contribution >= 0.6 is 0 Å². The third kappa shape index (κ3) is 6.09. The summed E-state index contributed by atoms with van der Waals surface area (Å²) in [5.74, 6) is 5.55. The van der Waals surface area contributed by atoms with Crippen LogP contribution in [-0.2, 0) is 15.1 Å². The molecule has 166 valence electrons. The summed E-state index contributed by atoms with van der Waals surface area (Å²) in [5.41, 5.74) is -1.98. The van der Waals surface area contributed by atoms with Crippen LogP contribution in [0.1, 0.15) is 79.2 Å². The lowest BCUT2D eigenvalue weighted by Gasteiger charge is -2.38. The molecule has 1 aromatic rings. The molecule has 1 saturated carbocycles. The number of hydrogen-bond donors (Lipinski definition) is 1. The van der Waals surface area contributed by atoms with Crippen molar-refractivity contribution in [3.8, 4) is 11.8 Å². The minimum absolute atomic E-state index is 0.0266. The second kappa shape index (κ2) is 9.98. The van der Waals surface area contributed by atoms with E-state index in [1.807, 2.05) is 30.3 Å². The normalized spacial score (nSPS) is 17.7. The zero-order valence-electron chi connectivity index (χ0n) is 19.6. The molecule has 1 N–H and O–H groups in total. The molecule has 0 saturated heterocycles. The van der Waals surface area contributed by atoms with E-state index in [1.165, 1.54) is 0 Å². The lowest BCUT2D eigenvalue weighted by Crippen LogP contribution is -2.47. The fourth-order valence-electron chi connectivity index (χ4n) is 4.24. The Morgan fingerprint density at radius 3 is 2.23 bits per heavy atom. The summed E-state index contributed by atoms with van der Waals surface area (Å²) in [7, 11) is 0. The Kier molecular flexibility index (Phi) is 8.13. The fourth-order valence-corrected chi connectivity index (χ4v) is 4.24. The average Bonchev–Trinajstić information content (AvgIpc) is 2.70. The Bertz CT molecular complexity index is 748. The van der Waals surface area contributed by atoms with Gasteiger partial charge in [0.05, 0.1) is 6.54 Å². The predicted octanol–water partition coefficient (Wildman–Crippen LogP) is 4.90. The van der Waals surface area contributed by atoms with E-state index < -0.39 is 17.2 Å². The van der Waals surface area contributed by atoms with Gasteiger partial charge in [-0.15, -0.1) is 0 Å². The molecule has 0 heterocycles. The number of rotatable bonds is 6. The van der Waals surface area contributed by atoms with Gasteiger partial charge in [0.2, 0.25) is 0 Å². The molecule has 0 spiro atoms. The molecular formula is C26H39NO3. The monoisotopic (exact) mass is 413 g/mol. The highest BCUT2D eigenvalue weighted by Gasteiger charge is 2.48. The maximum Gasteiger partial charge on any atom is 0.344 e. The molecule has 4 nitrogen and oxygen atoms in total. The van der Waals surface area contributed by atoms with Crippen LogP contribution in [0.4, 0.5) is 0 Å². The van der Waals surface area contributed by atoms with E-state index in [4.69, 9.17) is 4.74 Å². The van der Waals surface area contributed by atoms with Crippen molar-refractivity contribution in [2.45, 2.75) is 90.4 Å². The second-order valence-corrected chi connectivity index (χ2v) is 9.85. The molecule has 1 unspecified atom stereocenters. The van der Waals surface area contributed by atoms with Gasteiger partial charge in [-0.3, -0.25) is 4.90 Å². The quantitative estimate of drug-likeness (QED) is 0.532. The first-order chi connectivity index (χ1) is 14.0. The predicted molar refractivity (Wildman–Crippen MR) is 122 cm³/mol. The van der Waals surface area contributed by atoms with E-state index in [9.17, 15) is 9.90 Å². The van der Waals surface area contributed by atoms with Gasteiger partial charge in [0.15, 0.2) is 11.2 Å². The summed E-state index contributed by atoms with van der Waals surface area (Å²) in [5, 5.41) is 11.7. The van der Waals surface area contributed by atoms with Crippen molar-refractivity contribution < 1.29 is 14.6 Å². The Morgan fingerprint density at radius 1 is 1.10 bits per heavy atom. The van der Waals surface area contributed by atoms with E-state index in [0.29, 0.717) is 12.1 Å². The maximum atomic E-state index is 13.3. The molecule has 1 atom stereocenters. The minimum atomic E-state index is -1.64. The highest BCUT2D eigenvalue weighted by atomic mass is 16.6. The topological polar surface area (TPSA) is 49.8 Å². The van der Waals surface area contributed by atoms with Crippen molar-refractivity contribution in [3.05, 3.63) is 35.9 Å². The van der Waals surface area contributed by atoms with Gasteiger partial charge < -0.3 is 9.84 Å². The lowest BCUT2D eigenvalue weighted by atomic mass is 9.73. The van der Waals surface area contributed by atoms with E-state index in [2.05, 4.69) is 44.4 Å². The largest absolute Gasteiger partial charge is 0.444 e. The van der Waals surface area contributed by atoms with Crippen LogP contribution in [0.3, 0.4) is 0 Å². The van der Waals surface area contributed by atoms with E-state index >= 15 is 0 Å². The van der Waals surface area contributed by atoms with E-state index in [0.717, 1.165) is 38.6 Å². The molecular weight excluding hydrogens is 374 g/mol. The molecule has 1 aliphatic rings. The smallest absolute Gasteiger partial charge is 0.344 e. The van der Waals surface area contributed by atoms with Crippen LogP contribution in [0, 0.1) is 17.8 Å². The first kappa shape index (κ1) is 24.4. The van der Waals surface area contributed by atoms with Crippen molar-refractivity contribution in [2.24, 2.45) is 5.92 Å². The average molecular weight is 414 g/mol. The number of hydrogen-bond acceptors (Lipinski definition) is 4. The van der Waals surface area contributed by atoms with Crippen LogP contribution in [0.2, 0.25) is 0 Å². The number of aliphatic hydroxyl groups is 1. The van der Waals surface area contributed by atoms with Gasteiger partial charge in [0.25, 0.3) is 0 Å². The van der Waals surface area contributed by atoms with E-state index in [1.54, 1.807) is 13.8 Å².